The summed E-state index contributed by atoms with van der Waals surface area (Å²) in [4.78, 5) is 0. The molecule has 2 atom stereocenters. The molecule has 8 heteroatoms. The van der Waals surface area contributed by atoms with Crippen LogP contribution in [-0.4, -0.2) is 26.8 Å². The molecule has 1 aliphatic heterocycles. The first-order chi connectivity index (χ1) is 5.76. The molecule has 0 N–H and O–H groups in total. The average Bonchev–Trinajstić information content (AvgIpc) is 2.24. The molecule has 0 aromatic rings. The van der Waals surface area contributed by atoms with Crippen LogP contribution in [0.3, 0.4) is 0 Å². The Morgan fingerprint density at radius 1 is 1.31 bits per heavy atom. The molecule has 4 nitrogen and oxygen atoms in total. The molecule has 0 saturated carbocycles. The maximum atomic E-state index is 12.0. The summed E-state index contributed by atoms with van der Waals surface area (Å²) >= 11 is 0. The Kier molecular flexibility index (Phi) is 2.27. The Hall–Kier alpha value is -0.780. The van der Waals surface area contributed by atoms with Crippen molar-refractivity contribution in [2.45, 2.75) is 18.4 Å². The van der Waals surface area contributed by atoms with Gasteiger partial charge in [-0.15, -0.1) is 6.42 Å². The fourth-order valence-corrected chi connectivity index (χ4v) is 1.64. The van der Waals surface area contributed by atoms with Crippen molar-refractivity contribution in [3.05, 3.63) is 0 Å². The van der Waals surface area contributed by atoms with Crippen molar-refractivity contribution in [2.24, 2.45) is 0 Å². The summed E-state index contributed by atoms with van der Waals surface area (Å²) < 4.78 is 64.2. The van der Waals surface area contributed by atoms with E-state index in [2.05, 4.69) is 14.8 Å². The van der Waals surface area contributed by atoms with Crippen molar-refractivity contribution in [3.63, 3.8) is 0 Å². The molecule has 1 rings (SSSR count). The van der Waals surface area contributed by atoms with Gasteiger partial charge in [-0.1, -0.05) is 5.92 Å². The van der Waals surface area contributed by atoms with E-state index in [4.69, 9.17) is 0 Å². The van der Waals surface area contributed by atoms with Crippen molar-refractivity contribution in [1.82, 2.24) is 0 Å². The monoisotopic (exact) mass is 216 g/mol. The lowest BCUT2D eigenvalue weighted by Crippen LogP contribution is -2.36. The Morgan fingerprint density at radius 2 is 1.85 bits per heavy atom. The van der Waals surface area contributed by atoms with Gasteiger partial charge in [0.15, 0.2) is 6.10 Å². The lowest BCUT2D eigenvalue weighted by molar-refractivity contribution is -0.195. The molecule has 0 amide bonds. The zero-order chi connectivity index (χ0) is 10.3. The summed E-state index contributed by atoms with van der Waals surface area (Å²) in [6.45, 7) is 0. The van der Waals surface area contributed by atoms with E-state index in [0.29, 0.717) is 0 Å². The number of hydrogen-bond acceptors (Lipinski definition) is 4. The standard InChI is InChI=1S/C5H3F3O4S/c1-2-3-4(5(6,7)8)12-13(9,10)11-3/h1,3-4H. The fourth-order valence-electron chi connectivity index (χ4n) is 0.719. The molecule has 1 saturated heterocycles. The molecule has 0 aromatic carbocycles. The van der Waals surface area contributed by atoms with Crippen LogP contribution in [0.1, 0.15) is 0 Å². The van der Waals surface area contributed by atoms with Gasteiger partial charge in [-0.05, 0) is 0 Å². The van der Waals surface area contributed by atoms with Crippen LogP contribution in [-0.2, 0) is 18.8 Å². The highest BCUT2D eigenvalue weighted by molar-refractivity contribution is 7.82. The highest BCUT2D eigenvalue weighted by Crippen LogP contribution is 2.33. The molecule has 0 radical (unpaired) electrons. The molecule has 74 valence electrons. The van der Waals surface area contributed by atoms with Crippen LogP contribution < -0.4 is 0 Å². The Balaban J connectivity index is 2.96. The normalized spacial score (nSPS) is 32.8. The van der Waals surface area contributed by atoms with Gasteiger partial charge in [0.25, 0.3) is 0 Å². The first kappa shape index (κ1) is 10.3. The Morgan fingerprint density at radius 3 is 2.15 bits per heavy atom. The second-order valence-electron chi connectivity index (χ2n) is 2.15. The van der Waals surface area contributed by atoms with Gasteiger partial charge in [0.05, 0.1) is 0 Å². The van der Waals surface area contributed by atoms with Gasteiger partial charge in [-0.3, -0.25) is 0 Å². The lowest BCUT2D eigenvalue weighted by Gasteiger charge is -2.12. The predicted molar refractivity (Wildman–Crippen MR) is 33.6 cm³/mol. The molecule has 0 aromatic heterocycles. The predicted octanol–water partition coefficient (Wildman–Crippen LogP) is 0.211. The number of rotatable bonds is 0. The van der Waals surface area contributed by atoms with E-state index in [1.807, 2.05) is 0 Å². The average molecular weight is 216 g/mol. The van der Waals surface area contributed by atoms with Gasteiger partial charge in [-0.25, -0.2) is 8.37 Å². The molecule has 13 heavy (non-hydrogen) atoms. The topological polar surface area (TPSA) is 52.6 Å². The number of hydrogen-bond donors (Lipinski definition) is 0. The van der Waals surface area contributed by atoms with Crippen LogP contribution in [0.5, 0.6) is 0 Å². The quantitative estimate of drug-likeness (QED) is 0.543. The lowest BCUT2D eigenvalue weighted by atomic mass is 10.2. The smallest absolute Gasteiger partial charge is 0.231 e. The first-order valence-corrected chi connectivity index (χ1v) is 4.24. The molecule has 1 aliphatic rings. The molecule has 1 fully saturated rings. The second-order valence-corrected chi connectivity index (χ2v) is 3.35. The van der Waals surface area contributed by atoms with Gasteiger partial charge in [0, 0.05) is 0 Å². The van der Waals surface area contributed by atoms with Crippen LogP contribution in [0, 0.1) is 12.3 Å². The van der Waals surface area contributed by atoms with Crippen LogP contribution in [0.15, 0.2) is 0 Å². The second kappa shape index (κ2) is 2.87. The Bertz CT molecular complexity index is 338. The van der Waals surface area contributed by atoms with Crippen LogP contribution in [0.2, 0.25) is 0 Å². The van der Waals surface area contributed by atoms with Gasteiger partial charge < -0.3 is 0 Å². The number of halogens is 3. The summed E-state index contributed by atoms with van der Waals surface area (Å²) in [6, 6.07) is 0. The summed E-state index contributed by atoms with van der Waals surface area (Å²) in [5.74, 6) is 1.53. The maximum Gasteiger partial charge on any atom is 0.419 e. The van der Waals surface area contributed by atoms with Gasteiger partial charge in [0.2, 0.25) is 6.10 Å². The largest absolute Gasteiger partial charge is 0.419 e. The number of terminal acetylenes is 1. The Labute approximate surface area is 72.0 Å². The first-order valence-electron chi connectivity index (χ1n) is 2.90. The van der Waals surface area contributed by atoms with Crippen LogP contribution in [0.4, 0.5) is 13.2 Å². The van der Waals surface area contributed by atoms with E-state index in [1.54, 1.807) is 0 Å². The SMILES string of the molecule is C#CC1OS(=O)(=O)OC1C(F)(F)F. The van der Waals surface area contributed by atoms with Crippen LogP contribution >= 0.6 is 0 Å². The van der Waals surface area contributed by atoms with E-state index in [1.165, 1.54) is 5.92 Å². The minimum absolute atomic E-state index is 1.53. The van der Waals surface area contributed by atoms with Crippen molar-refractivity contribution in [1.29, 1.82) is 0 Å². The van der Waals surface area contributed by atoms with Crippen molar-refractivity contribution < 1.29 is 30.0 Å². The molecular weight excluding hydrogens is 213 g/mol. The molecule has 2 unspecified atom stereocenters. The summed E-state index contributed by atoms with van der Waals surface area (Å²) in [6.07, 6.45) is -4.79. The minimum Gasteiger partial charge on any atom is -0.231 e. The highest BCUT2D eigenvalue weighted by atomic mass is 32.3. The molecule has 0 bridgehead atoms. The number of alkyl halides is 3. The maximum absolute atomic E-state index is 12.0. The molecule has 0 aliphatic carbocycles. The van der Waals surface area contributed by atoms with E-state index < -0.39 is 28.8 Å². The minimum atomic E-state index is -4.86. The summed E-state index contributed by atoms with van der Waals surface area (Å²) in [5.41, 5.74) is 0. The third-order valence-corrected chi connectivity index (χ3v) is 2.09. The summed E-state index contributed by atoms with van der Waals surface area (Å²) in [7, 11) is -4.60. The van der Waals surface area contributed by atoms with Crippen molar-refractivity contribution >= 4 is 10.4 Å². The van der Waals surface area contributed by atoms with E-state index >= 15 is 0 Å². The zero-order valence-electron chi connectivity index (χ0n) is 5.91. The zero-order valence-corrected chi connectivity index (χ0v) is 6.72. The van der Waals surface area contributed by atoms with Gasteiger partial charge in [0.1, 0.15) is 0 Å². The fraction of sp³-hybridized carbons (Fsp3) is 0.600. The van der Waals surface area contributed by atoms with Gasteiger partial charge in [-0.2, -0.15) is 21.6 Å². The third kappa shape index (κ3) is 2.12. The van der Waals surface area contributed by atoms with Gasteiger partial charge >= 0.3 is 16.6 Å². The van der Waals surface area contributed by atoms with Crippen molar-refractivity contribution in [3.8, 4) is 12.3 Å². The summed E-state index contributed by atoms with van der Waals surface area (Å²) in [5, 5.41) is 0. The van der Waals surface area contributed by atoms with E-state index in [0.717, 1.165) is 0 Å². The molecule has 0 spiro atoms. The van der Waals surface area contributed by atoms with Crippen molar-refractivity contribution in [2.75, 3.05) is 0 Å². The van der Waals surface area contributed by atoms with Crippen LogP contribution in [0.25, 0.3) is 0 Å². The molecule has 1 heterocycles. The highest BCUT2D eigenvalue weighted by Gasteiger charge is 2.55. The van der Waals surface area contributed by atoms with E-state index in [9.17, 15) is 21.6 Å². The molecular formula is C5H3F3O4S. The third-order valence-electron chi connectivity index (χ3n) is 1.20. The van der Waals surface area contributed by atoms with E-state index in [-0.39, 0.29) is 0 Å².